The lowest BCUT2D eigenvalue weighted by Crippen LogP contribution is -2.52. The lowest BCUT2D eigenvalue weighted by atomic mass is 9.94. The zero-order valence-corrected chi connectivity index (χ0v) is 21.5. The Morgan fingerprint density at radius 2 is 1.89 bits per heavy atom. The summed E-state index contributed by atoms with van der Waals surface area (Å²) in [5, 5.41) is 12.4. The van der Waals surface area contributed by atoms with Crippen LogP contribution in [0.5, 0.6) is 0 Å². The summed E-state index contributed by atoms with van der Waals surface area (Å²) in [7, 11) is 0. The van der Waals surface area contributed by atoms with Crippen molar-refractivity contribution >= 4 is 33.7 Å². The number of amidine groups is 1. The summed E-state index contributed by atoms with van der Waals surface area (Å²) in [6.07, 6.45) is 0. The Kier molecular flexibility index (Phi) is 8.48. The van der Waals surface area contributed by atoms with Crippen LogP contribution in [0.1, 0.15) is 24.1 Å². The first-order chi connectivity index (χ1) is 18.1. The molecule has 2 atom stereocenters. The first-order valence-corrected chi connectivity index (χ1v) is 12.3. The summed E-state index contributed by atoms with van der Waals surface area (Å²) in [4.78, 5) is 31.0. The van der Waals surface area contributed by atoms with Crippen molar-refractivity contribution in [1.82, 2.24) is 10.2 Å². The predicted octanol–water partition coefficient (Wildman–Crippen LogP) is 3.70. The van der Waals surface area contributed by atoms with Crippen LogP contribution < -0.4 is 5.32 Å². The molecule has 1 saturated heterocycles. The van der Waals surface area contributed by atoms with Crippen LogP contribution >= 0.6 is 15.9 Å². The van der Waals surface area contributed by atoms with E-state index in [4.69, 9.17) is 9.47 Å². The number of morpholine rings is 1. The van der Waals surface area contributed by atoms with E-state index in [-0.39, 0.29) is 60.1 Å². The van der Waals surface area contributed by atoms with Gasteiger partial charge in [0.1, 0.15) is 41.2 Å². The van der Waals surface area contributed by atoms with E-state index in [9.17, 15) is 32.3 Å². The van der Waals surface area contributed by atoms with E-state index in [1.54, 1.807) is 6.92 Å². The molecule has 0 saturated carbocycles. The van der Waals surface area contributed by atoms with Gasteiger partial charge in [-0.15, -0.1) is 0 Å². The Hall–Kier alpha value is -3.29. The van der Waals surface area contributed by atoms with Crippen molar-refractivity contribution in [2.24, 2.45) is 4.99 Å². The highest BCUT2D eigenvalue weighted by atomic mass is 79.9. The highest BCUT2D eigenvalue weighted by Gasteiger charge is 2.37. The zero-order valence-electron chi connectivity index (χ0n) is 19.9. The Bertz CT molecular complexity index is 1310. The highest BCUT2D eigenvalue weighted by molar-refractivity contribution is 9.10. The van der Waals surface area contributed by atoms with Gasteiger partial charge in [0.2, 0.25) is 0 Å². The number of aliphatic imine (C=N–C) groups is 1. The number of rotatable bonds is 7. The molecule has 0 radical (unpaired) electrons. The number of benzene rings is 2. The van der Waals surface area contributed by atoms with Crippen LogP contribution in [0.4, 0.5) is 17.6 Å². The molecular weight excluding hydrogens is 578 g/mol. The van der Waals surface area contributed by atoms with Gasteiger partial charge in [-0.2, -0.15) is 0 Å². The average Bonchev–Trinajstić information content (AvgIpc) is 2.83. The number of esters is 1. The number of aliphatic carboxylic acids is 1. The number of hydrogen-bond donors (Lipinski definition) is 2. The maximum atomic E-state index is 14.8. The van der Waals surface area contributed by atoms with Gasteiger partial charge < -0.3 is 19.9 Å². The molecule has 2 aliphatic rings. The number of carboxylic acids is 1. The minimum atomic E-state index is -1.25. The lowest BCUT2D eigenvalue weighted by molar-refractivity contribution is -0.149. The smallest absolute Gasteiger partial charge is 0.338 e. The minimum Gasteiger partial charge on any atom is -0.480 e. The van der Waals surface area contributed by atoms with E-state index < -0.39 is 52.9 Å². The van der Waals surface area contributed by atoms with Gasteiger partial charge >= 0.3 is 11.9 Å². The molecule has 2 aromatic rings. The second-order valence-corrected chi connectivity index (χ2v) is 9.28. The molecule has 0 amide bonds. The second-order valence-electron chi connectivity index (χ2n) is 8.43. The van der Waals surface area contributed by atoms with E-state index in [1.807, 2.05) is 0 Å². The topological polar surface area (TPSA) is 100 Å². The van der Waals surface area contributed by atoms with Crippen LogP contribution in [0.15, 0.2) is 51.1 Å². The van der Waals surface area contributed by atoms with Gasteiger partial charge in [0, 0.05) is 35.4 Å². The van der Waals surface area contributed by atoms with E-state index in [0.29, 0.717) is 12.1 Å². The van der Waals surface area contributed by atoms with Gasteiger partial charge in [0.05, 0.1) is 31.0 Å². The van der Waals surface area contributed by atoms with Gasteiger partial charge in [-0.3, -0.25) is 14.7 Å². The number of hydrogen-bond acceptors (Lipinski definition) is 7. The molecule has 0 bridgehead atoms. The van der Waals surface area contributed by atoms with E-state index in [0.717, 1.165) is 12.1 Å². The Morgan fingerprint density at radius 3 is 2.53 bits per heavy atom. The molecule has 2 unspecified atom stereocenters. The Balaban J connectivity index is 1.91. The van der Waals surface area contributed by atoms with Crippen molar-refractivity contribution in [2.75, 3.05) is 32.9 Å². The van der Waals surface area contributed by atoms with Crippen molar-refractivity contribution in [3.8, 4) is 0 Å². The molecule has 8 nitrogen and oxygen atoms in total. The van der Waals surface area contributed by atoms with Gasteiger partial charge in [-0.05, 0) is 24.6 Å². The molecular formula is C25H22BrF4N3O5. The van der Waals surface area contributed by atoms with Crippen molar-refractivity contribution in [3.05, 3.63) is 80.5 Å². The molecule has 2 N–H and O–H groups in total. The monoisotopic (exact) mass is 599 g/mol. The maximum Gasteiger partial charge on any atom is 0.338 e. The molecule has 38 heavy (non-hydrogen) atoms. The number of halogens is 5. The fourth-order valence-electron chi connectivity index (χ4n) is 4.27. The zero-order chi connectivity index (χ0) is 27.6. The van der Waals surface area contributed by atoms with Crippen molar-refractivity contribution in [3.63, 3.8) is 0 Å². The molecule has 0 spiro atoms. The molecule has 13 heteroatoms. The predicted molar refractivity (Wildman–Crippen MR) is 130 cm³/mol. The second kappa shape index (κ2) is 11.6. The SMILES string of the molecule is CCOC(=O)C1=C(CN2CCOCC2C(=O)O)NC(c2c(F)cc(F)cc2F)=NC1c1ccc(F)cc1Br. The first-order valence-electron chi connectivity index (χ1n) is 11.5. The molecule has 4 rings (SSSR count). The summed E-state index contributed by atoms with van der Waals surface area (Å²) >= 11 is 3.25. The van der Waals surface area contributed by atoms with Crippen molar-refractivity contribution in [2.45, 2.75) is 19.0 Å². The normalized spacial score (nSPS) is 20.1. The fourth-order valence-corrected chi connectivity index (χ4v) is 4.84. The summed E-state index contributed by atoms with van der Waals surface area (Å²) in [5.41, 5.74) is -0.426. The van der Waals surface area contributed by atoms with Crippen LogP contribution in [0.25, 0.3) is 0 Å². The van der Waals surface area contributed by atoms with Crippen molar-refractivity contribution < 1.29 is 41.7 Å². The van der Waals surface area contributed by atoms with Crippen LogP contribution in [-0.2, 0) is 19.1 Å². The number of ether oxygens (including phenoxy) is 2. The number of carbonyl (C=O) groups is 2. The number of nitrogens with one attached hydrogen (secondary N) is 1. The van der Waals surface area contributed by atoms with Gasteiger partial charge in [-0.1, -0.05) is 22.0 Å². The maximum absolute atomic E-state index is 14.8. The first kappa shape index (κ1) is 27.7. The van der Waals surface area contributed by atoms with Crippen molar-refractivity contribution in [1.29, 1.82) is 0 Å². The van der Waals surface area contributed by atoms with E-state index >= 15 is 0 Å². The molecule has 0 aliphatic carbocycles. The summed E-state index contributed by atoms with van der Waals surface area (Å²) in [6.45, 7) is 1.65. The van der Waals surface area contributed by atoms with E-state index in [1.165, 1.54) is 11.0 Å². The van der Waals surface area contributed by atoms with Crippen LogP contribution in [0.2, 0.25) is 0 Å². The van der Waals surface area contributed by atoms with Crippen LogP contribution in [0, 0.1) is 23.3 Å². The highest BCUT2D eigenvalue weighted by Crippen LogP contribution is 2.37. The molecule has 2 heterocycles. The summed E-state index contributed by atoms with van der Waals surface area (Å²) in [5.74, 6) is -6.59. The van der Waals surface area contributed by atoms with Gasteiger partial charge in [-0.25, -0.2) is 22.4 Å². The number of nitrogens with zero attached hydrogens (tertiary/aromatic N) is 2. The fraction of sp³-hybridized carbons (Fsp3) is 0.320. The molecule has 0 aromatic heterocycles. The lowest BCUT2D eigenvalue weighted by Gasteiger charge is -2.36. The largest absolute Gasteiger partial charge is 0.480 e. The summed E-state index contributed by atoms with van der Waals surface area (Å²) < 4.78 is 67.9. The third-order valence-electron chi connectivity index (χ3n) is 6.01. The number of carbonyl (C=O) groups excluding carboxylic acids is 1. The summed E-state index contributed by atoms with van der Waals surface area (Å²) in [6, 6.07) is 2.26. The molecule has 1 fully saturated rings. The van der Waals surface area contributed by atoms with Crippen LogP contribution in [-0.4, -0.2) is 66.7 Å². The van der Waals surface area contributed by atoms with Crippen LogP contribution in [0.3, 0.4) is 0 Å². The third kappa shape index (κ3) is 5.74. The molecule has 202 valence electrons. The number of carboxylic acid groups (broad SMARTS) is 1. The average molecular weight is 600 g/mol. The third-order valence-corrected chi connectivity index (χ3v) is 6.69. The van der Waals surface area contributed by atoms with E-state index in [2.05, 4.69) is 26.2 Å². The molecule has 2 aromatic carbocycles. The van der Waals surface area contributed by atoms with Gasteiger partial charge in [0.25, 0.3) is 0 Å². The standard InChI is InChI=1S/C25H22BrF4N3O5/c1-2-38-25(36)21-18(10-33-5-6-37-11-19(33)24(34)35)31-23(20-16(29)8-13(28)9-17(20)30)32-22(21)14-4-3-12(27)7-15(14)26/h3-4,7-9,19,22H,2,5-6,10-11H2,1H3,(H,31,32)(H,34,35). The minimum absolute atomic E-state index is 0.0139. The van der Waals surface area contributed by atoms with Gasteiger partial charge in [0.15, 0.2) is 0 Å². The Labute approximate surface area is 223 Å². The Morgan fingerprint density at radius 1 is 1.18 bits per heavy atom. The molecule has 2 aliphatic heterocycles. The quantitative estimate of drug-likeness (QED) is 0.370.